The third-order valence-corrected chi connectivity index (χ3v) is 6.38. The van der Waals surface area contributed by atoms with E-state index in [1.165, 1.54) is 25.1 Å². The van der Waals surface area contributed by atoms with Crippen LogP contribution >= 0.6 is 0 Å². The molecule has 1 heterocycles. The first-order valence-electron chi connectivity index (χ1n) is 11.0. The van der Waals surface area contributed by atoms with Crippen LogP contribution in [0.15, 0.2) is 54.2 Å². The SMILES string of the molecule is CC(O[C@H]1CN(C2=CC(=O)CC2)C[C@@H]1c1ccc(F)cc1)c1cc(C(F)(F)F)cc(C(F)(F)F)c1. The number of allylic oxidation sites excluding steroid dienone is 2. The summed E-state index contributed by atoms with van der Waals surface area (Å²) in [6, 6.07) is 7.11. The van der Waals surface area contributed by atoms with E-state index in [4.69, 9.17) is 4.74 Å². The third-order valence-electron chi connectivity index (χ3n) is 6.38. The quantitative estimate of drug-likeness (QED) is 0.430. The highest BCUT2D eigenvalue weighted by Crippen LogP contribution is 2.40. The van der Waals surface area contributed by atoms with Gasteiger partial charge in [0.25, 0.3) is 0 Å². The number of carbonyl (C=O) groups excluding carboxylic acids is 1. The molecule has 1 fully saturated rings. The minimum absolute atomic E-state index is 0.0142. The van der Waals surface area contributed by atoms with Crippen LogP contribution in [0.3, 0.4) is 0 Å². The van der Waals surface area contributed by atoms with Gasteiger partial charge in [0.1, 0.15) is 5.82 Å². The van der Waals surface area contributed by atoms with Crippen molar-refractivity contribution in [3.8, 4) is 0 Å². The van der Waals surface area contributed by atoms with Crippen molar-refractivity contribution in [2.45, 2.75) is 50.2 Å². The van der Waals surface area contributed by atoms with Crippen LogP contribution < -0.4 is 0 Å². The van der Waals surface area contributed by atoms with Crippen LogP contribution in [0.25, 0.3) is 0 Å². The molecule has 0 saturated carbocycles. The van der Waals surface area contributed by atoms with Crippen molar-refractivity contribution in [1.82, 2.24) is 4.90 Å². The second-order valence-corrected chi connectivity index (χ2v) is 8.82. The van der Waals surface area contributed by atoms with E-state index < -0.39 is 41.5 Å². The van der Waals surface area contributed by atoms with Crippen molar-refractivity contribution in [1.29, 1.82) is 0 Å². The van der Waals surface area contributed by atoms with E-state index in [9.17, 15) is 35.5 Å². The summed E-state index contributed by atoms with van der Waals surface area (Å²) in [5.41, 5.74) is -1.54. The average molecular weight is 501 g/mol. The van der Waals surface area contributed by atoms with Gasteiger partial charge in [-0.15, -0.1) is 0 Å². The van der Waals surface area contributed by atoms with Crippen molar-refractivity contribution in [3.63, 3.8) is 0 Å². The van der Waals surface area contributed by atoms with E-state index in [1.807, 2.05) is 4.90 Å². The van der Waals surface area contributed by atoms with E-state index in [0.717, 1.165) is 11.3 Å². The first-order valence-corrected chi connectivity index (χ1v) is 11.0. The second-order valence-electron chi connectivity index (χ2n) is 8.82. The fraction of sp³-hybridized carbons (Fsp3) is 0.400. The van der Waals surface area contributed by atoms with Gasteiger partial charge in [-0.05, 0) is 54.8 Å². The van der Waals surface area contributed by atoms with Crippen LogP contribution in [0.1, 0.15) is 54.0 Å². The van der Waals surface area contributed by atoms with Gasteiger partial charge < -0.3 is 9.64 Å². The Morgan fingerprint density at radius 2 is 1.51 bits per heavy atom. The van der Waals surface area contributed by atoms with E-state index >= 15 is 0 Å². The molecule has 0 radical (unpaired) electrons. The van der Waals surface area contributed by atoms with Gasteiger partial charge in [0.05, 0.1) is 23.3 Å². The monoisotopic (exact) mass is 501 g/mol. The van der Waals surface area contributed by atoms with Gasteiger partial charge in [-0.25, -0.2) is 4.39 Å². The molecule has 35 heavy (non-hydrogen) atoms. The number of ketones is 1. The Bertz CT molecular complexity index is 1090. The number of hydrogen-bond donors (Lipinski definition) is 0. The first kappa shape index (κ1) is 25.2. The molecule has 3 atom stereocenters. The summed E-state index contributed by atoms with van der Waals surface area (Å²) in [5.74, 6) is -0.788. The van der Waals surface area contributed by atoms with Crippen molar-refractivity contribution in [2.75, 3.05) is 13.1 Å². The highest BCUT2D eigenvalue weighted by atomic mass is 19.4. The maximum atomic E-state index is 13.5. The summed E-state index contributed by atoms with van der Waals surface area (Å²) in [6.07, 6.45) is -9.17. The molecular weight excluding hydrogens is 479 g/mol. The minimum Gasteiger partial charge on any atom is -0.371 e. The smallest absolute Gasteiger partial charge is 0.371 e. The Morgan fingerprint density at radius 3 is 2.03 bits per heavy atom. The van der Waals surface area contributed by atoms with Gasteiger partial charge in [-0.2, -0.15) is 26.3 Å². The van der Waals surface area contributed by atoms with E-state index in [1.54, 1.807) is 12.1 Å². The standard InChI is InChI=1S/C25H22F7NO2/c1-14(16-8-17(24(27,28)29)10-18(9-16)25(30,31)32)35-23-13-33(20-6-7-21(34)11-20)12-22(23)15-2-4-19(26)5-3-15/h2-5,8-11,14,22-23H,6-7,12-13H2,1H3/t14?,22-,23+/m1/s1. The topological polar surface area (TPSA) is 29.5 Å². The van der Waals surface area contributed by atoms with Crippen LogP contribution in [0.4, 0.5) is 30.7 Å². The molecule has 4 rings (SSSR count). The van der Waals surface area contributed by atoms with Crippen LogP contribution in [-0.4, -0.2) is 29.9 Å². The van der Waals surface area contributed by atoms with Crippen LogP contribution in [0.5, 0.6) is 0 Å². The molecule has 3 nitrogen and oxygen atoms in total. The molecule has 1 unspecified atom stereocenters. The summed E-state index contributed by atoms with van der Waals surface area (Å²) in [6.45, 7) is 2.10. The summed E-state index contributed by atoms with van der Waals surface area (Å²) in [7, 11) is 0. The Kier molecular flexibility index (Phi) is 6.70. The first-order chi connectivity index (χ1) is 16.3. The molecule has 0 spiro atoms. The van der Waals surface area contributed by atoms with Gasteiger partial charge in [0.2, 0.25) is 0 Å². The number of nitrogens with zero attached hydrogens (tertiary/aromatic N) is 1. The van der Waals surface area contributed by atoms with Crippen molar-refractivity contribution < 1.29 is 40.3 Å². The molecule has 1 aliphatic heterocycles. The Morgan fingerprint density at radius 1 is 0.914 bits per heavy atom. The number of ether oxygens (including phenoxy) is 1. The number of benzene rings is 2. The number of rotatable bonds is 5. The predicted octanol–water partition coefficient (Wildman–Crippen LogP) is 6.66. The average Bonchev–Trinajstić information content (AvgIpc) is 3.39. The highest BCUT2D eigenvalue weighted by molar-refractivity contribution is 5.92. The van der Waals surface area contributed by atoms with E-state index in [0.29, 0.717) is 31.5 Å². The minimum atomic E-state index is -4.96. The van der Waals surface area contributed by atoms with Gasteiger partial charge in [0, 0.05) is 37.2 Å². The molecule has 2 aromatic carbocycles. The fourth-order valence-corrected chi connectivity index (χ4v) is 4.56. The predicted molar refractivity (Wildman–Crippen MR) is 113 cm³/mol. The third kappa shape index (κ3) is 5.69. The summed E-state index contributed by atoms with van der Waals surface area (Å²) < 4.78 is 99.3. The second kappa shape index (κ2) is 9.29. The summed E-state index contributed by atoms with van der Waals surface area (Å²) in [5, 5.41) is 0. The number of hydrogen-bond acceptors (Lipinski definition) is 3. The highest BCUT2D eigenvalue weighted by Gasteiger charge is 2.40. The lowest BCUT2D eigenvalue weighted by Crippen LogP contribution is -2.25. The maximum absolute atomic E-state index is 13.5. The molecule has 0 N–H and O–H groups in total. The number of likely N-dealkylation sites (tertiary alicyclic amines) is 1. The summed E-state index contributed by atoms with van der Waals surface area (Å²) >= 11 is 0. The molecule has 10 heteroatoms. The molecule has 188 valence electrons. The van der Waals surface area contributed by atoms with E-state index in [-0.39, 0.29) is 29.9 Å². The molecule has 0 bridgehead atoms. The zero-order chi connectivity index (χ0) is 25.5. The van der Waals surface area contributed by atoms with E-state index in [2.05, 4.69) is 0 Å². The Balaban J connectivity index is 1.64. The largest absolute Gasteiger partial charge is 0.416 e. The maximum Gasteiger partial charge on any atom is 0.416 e. The van der Waals surface area contributed by atoms with Gasteiger partial charge in [-0.1, -0.05) is 12.1 Å². The summed E-state index contributed by atoms with van der Waals surface area (Å²) in [4.78, 5) is 13.6. The number of carbonyl (C=O) groups is 1. The fourth-order valence-electron chi connectivity index (χ4n) is 4.56. The lowest BCUT2D eigenvalue weighted by Gasteiger charge is -2.25. The zero-order valence-electron chi connectivity index (χ0n) is 18.6. The number of halogens is 7. The number of alkyl halides is 6. The Hall–Kier alpha value is -2.88. The van der Waals surface area contributed by atoms with Crippen molar-refractivity contribution in [3.05, 3.63) is 82.3 Å². The van der Waals surface area contributed by atoms with Crippen molar-refractivity contribution >= 4 is 5.78 Å². The van der Waals surface area contributed by atoms with Gasteiger partial charge in [-0.3, -0.25) is 4.79 Å². The van der Waals surface area contributed by atoms with Gasteiger partial charge in [0.15, 0.2) is 5.78 Å². The lowest BCUT2D eigenvalue weighted by atomic mass is 9.95. The zero-order valence-corrected chi connectivity index (χ0v) is 18.6. The van der Waals surface area contributed by atoms with Gasteiger partial charge >= 0.3 is 12.4 Å². The van der Waals surface area contributed by atoms with Crippen LogP contribution in [0, 0.1) is 5.82 Å². The molecule has 1 aliphatic carbocycles. The Labute approximate surface area is 197 Å². The normalized spacial score (nSPS) is 22.0. The van der Waals surface area contributed by atoms with Crippen LogP contribution in [-0.2, 0) is 21.9 Å². The molecular formula is C25H22F7NO2. The molecule has 2 aromatic rings. The molecule has 1 saturated heterocycles. The molecule has 2 aliphatic rings. The van der Waals surface area contributed by atoms with Crippen LogP contribution in [0.2, 0.25) is 0 Å². The lowest BCUT2D eigenvalue weighted by molar-refractivity contribution is -0.143. The molecule has 0 amide bonds. The van der Waals surface area contributed by atoms with Crippen molar-refractivity contribution in [2.24, 2.45) is 0 Å². The molecule has 0 aromatic heterocycles.